The summed E-state index contributed by atoms with van der Waals surface area (Å²) in [5.41, 5.74) is 0.396. The third-order valence-corrected chi connectivity index (χ3v) is 3.22. The molecule has 0 N–H and O–H groups in total. The standard InChI is InChI=1S/C14H18O4/c1-4-17-12-9-10(5-6-11(12)16-3)14(2)8-7-13(15)18-14/h5-6,9H,4,7-8H2,1-3H3. The quantitative estimate of drug-likeness (QED) is 0.771. The summed E-state index contributed by atoms with van der Waals surface area (Å²) in [7, 11) is 1.61. The van der Waals surface area contributed by atoms with Crippen molar-refractivity contribution in [3.63, 3.8) is 0 Å². The molecule has 98 valence electrons. The molecule has 1 aromatic carbocycles. The highest BCUT2D eigenvalue weighted by molar-refractivity contribution is 5.72. The molecule has 0 spiro atoms. The highest BCUT2D eigenvalue weighted by Gasteiger charge is 2.37. The van der Waals surface area contributed by atoms with E-state index >= 15 is 0 Å². The smallest absolute Gasteiger partial charge is 0.306 e. The minimum Gasteiger partial charge on any atom is -0.493 e. The van der Waals surface area contributed by atoms with Gasteiger partial charge in [0.15, 0.2) is 11.5 Å². The van der Waals surface area contributed by atoms with Gasteiger partial charge in [0.1, 0.15) is 5.60 Å². The molecule has 1 aromatic rings. The first-order valence-corrected chi connectivity index (χ1v) is 6.12. The zero-order valence-electron chi connectivity index (χ0n) is 11.0. The molecular formula is C14H18O4. The average Bonchev–Trinajstić information content (AvgIpc) is 2.71. The Labute approximate surface area is 107 Å². The first-order valence-electron chi connectivity index (χ1n) is 6.12. The van der Waals surface area contributed by atoms with Crippen LogP contribution in [0.2, 0.25) is 0 Å². The second-order valence-corrected chi connectivity index (χ2v) is 4.50. The largest absolute Gasteiger partial charge is 0.493 e. The first-order chi connectivity index (χ1) is 8.59. The van der Waals surface area contributed by atoms with Gasteiger partial charge in [0.05, 0.1) is 13.7 Å². The Morgan fingerprint density at radius 1 is 1.39 bits per heavy atom. The summed E-state index contributed by atoms with van der Waals surface area (Å²) in [6.07, 6.45) is 1.16. The van der Waals surface area contributed by atoms with Crippen molar-refractivity contribution in [3.8, 4) is 11.5 Å². The van der Waals surface area contributed by atoms with E-state index in [9.17, 15) is 4.79 Å². The van der Waals surface area contributed by atoms with E-state index in [2.05, 4.69) is 0 Å². The van der Waals surface area contributed by atoms with Crippen LogP contribution in [-0.2, 0) is 15.1 Å². The van der Waals surface area contributed by atoms with Crippen LogP contribution in [-0.4, -0.2) is 19.7 Å². The number of ether oxygens (including phenoxy) is 3. The van der Waals surface area contributed by atoms with E-state index < -0.39 is 5.60 Å². The molecule has 1 saturated heterocycles. The number of benzene rings is 1. The lowest BCUT2D eigenvalue weighted by Crippen LogP contribution is -2.21. The molecule has 18 heavy (non-hydrogen) atoms. The number of carbonyl (C=O) groups excluding carboxylic acids is 1. The number of hydrogen-bond donors (Lipinski definition) is 0. The summed E-state index contributed by atoms with van der Waals surface area (Å²) in [4.78, 5) is 11.3. The number of rotatable bonds is 4. The molecule has 4 heteroatoms. The second kappa shape index (κ2) is 4.88. The number of hydrogen-bond acceptors (Lipinski definition) is 4. The SMILES string of the molecule is CCOc1cc(C2(C)CCC(=O)O2)ccc1OC. The van der Waals surface area contributed by atoms with Crippen molar-refractivity contribution in [2.45, 2.75) is 32.3 Å². The third-order valence-electron chi connectivity index (χ3n) is 3.22. The summed E-state index contributed by atoms with van der Waals surface area (Å²) in [5, 5.41) is 0. The van der Waals surface area contributed by atoms with Gasteiger partial charge in [-0.1, -0.05) is 6.07 Å². The fraction of sp³-hybridized carbons (Fsp3) is 0.500. The second-order valence-electron chi connectivity index (χ2n) is 4.50. The van der Waals surface area contributed by atoms with Gasteiger partial charge in [-0.3, -0.25) is 4.79 Å². The molecule has 2 rings (SSSR count). The zero-order chi connectivity index (χ0) is 13.2. The van der Waals surface area contributed by atoms with E-state index in [1.165, 1.54) is 0 Å². The minimum absolute atomic E-state index is 0.147. The number of carbonyl (C=O) groups is 1. The molecule has 1 aliphatic heterocycles. The summed E-state index contributed by atoms with van der Waals surface area (Å²) < 4.78 is 16.2. The normalized spacial score (nSPS) is 22.7. The van der Waals surface area contributed by atoms with Gasteiger partial charge in [-0.2, -0.15) is 0 Å². The van der Waals surface area contributed by atoms with E-state index in [4.69, 9.17) is 14.2 Å². The van der Waals surface area contributed by atoms with Crippen molar-refractivity contribution in [2.75, 3.05) is 13.7 Å². The monoisotopic (exact) mass is 250 g/mol. The molecule has 1 fully saturated rings. The Morgan fingerprint density at radius 2 is 2.17 bits per heavy atom. The Balaban J connectivity index is 2.34. The van der Waals surface area contributed by atoms with Crippen LogP contribution in [0.25, 0.3) is 0 Å². The molecule has 0 bridgehead atoms. The van der Waals surface area contributed by atoms with Gasteiger partial charge in [0, 0.05) is 12.8 Å². The molecular weight excluding hydrogens is 232 g/mol. The van der Waals surface area contributed by atoms with E-state index in [1.54, 1.807) is 7.11 Å². The van der Waals surface area contributed by atoms with Gasteiger partial charge in [-0.15, -0.1) is 0 Å². The number of cyclic esters (lactones) is 1. The fourth-order valence-electron chi connectivity index (χ4n) is 2.17. The van der Waals surface area contributed by atoms with Crippen molar-refractivity contribution < 1.29 is 19.0 Å². The molecule has 1 atom stereocenters. The van der Waals surface area contributed by atoms with Gasteiger partial charge in [0.2, 0.25) is 0 Å². The lowest BCUT2D eigenvalue weighted by atomic mass is 9.92. The van der Waals surface area contributed by atoms with E-state index in [1.807, 2.05) is 32.0 Å². The molecule has 0 aliphatic carbocycles. The Morgan fingerprint density at radius 3 is 2.72 bits per heavy atom. The number of esters is 1. The van der Waals surface area contributed by atoms with Crippen LogP contribution in [0, 0.1) is 0 Å². The van der Waals surface area contributed by atoms with Gasteiger partial charge in [0.25, 0.3) is 0 Å². The average molecular weight is 250 g/mol. The van der Waals surface area contributed by atoms with E-state index in [0.29, 0.717) is 30.9 Å². The minimum atomic E-state index is -0.546. The lowest BCUT2D eigenvalue weighted by molar-refractivity contribution is -0.147. The number of methoxy groups -OCH3 is 1. The van der Waals surface area contributed by atoms with Crippen molar-refractivity contribution in [1.82, 2.24) is 0 Å². The molecule has 1 unspecified atom stereocenters. The molecule has 1 heterocycles. The van der Waals surface area contributed by atoms with Crippen molar-refractivity contribution in [1.29, 1.82) is 0 Å². The summed E-state index contributed by atoms with van der Waals surface area (Å²) in [6.45, 7) is 4.41. The molecule has 4 nitrogen and oxygen atoms in total. The maximum absolute atomic E-state index is 11.3. The van der Waals surface area contributed by atoms with Gasteiger partial charge in [-0.05, 0) is 31.5 Å². The first kappa shape index (κ1) is 12.7. The predicted molar refractivity (Wildman–Crippen MR) is 66.8 cm³/mol. The van der Waals surface area contributed by atoms with E-state index in [0.717, 1.165) is 5.56 Å². The van der Waals surface area contributed by atoms with Crippen LogP contribution >= 0.6 is 0 Å². The van der Waals surface area contributed by atoms with Crippen LogP contribution in [0.1, 0.15) is 32.3 Å². The van der Waals surface area contributed by atoms with Crippen LogP contribution < -0.4 is 9.47 Å². The third kappa shape index (κ3) is 2.28. The summed E-state index contributed by atoms with van der Waals surface area (Å²) in [5.74, 6) is 1.22. The molecule has 0 saturated carbocycles. The van der Waals surface area contributed by atoms with Gasteiger partial charge in [-0.25, -0.2) is 0 Å². The highest BCUT2D eigenvalue weighted by atomic mass is 16.6. The maximum Gasteiger partial charge on any atom is 0.306 e. The Kier molecular flexibility index (Phi) is 3.45. The van der Waals surface area contributed by atoms with Crippen LogP contribution in [0.15, 0.2) is 18.2 Å². The van der Waals surface area contributed by atoms with Gasteiger partial charge >= 0.3 is 5.97 Å². The Bertz CT molecular complexity index is 455. The predicted octanol–water partition coefficient (Wildman–Crippen LogP) is 2.65. The van der Waals surface area contributed by atoms with Crippen molar-refractivity contribution in [3.05, 3.63) is 23.8 Å². The fourth-order valence-corrected chi connectivity index (χ4v) is 2.17. The van der Waals surface area contributed by atoms with Crippen LogP contribution in [0.5, 0.6) is 11.5 Å². The molecule has 0 radical (unpaired) electrons. The molecule has 0 aromatic heterocycles. The summed E-state index contributed by atoms with van der Waals surface area (Å²) in [6, 6.07) is 5.65. The molecule has 0 amide bonds. The highest BCUT2D eigenvalue weighted by Crippen LogP contribution is 2.40. The van der Waals surface area contributed by atoms with Crippen molar-refractivity contribution >= 4 is 5.97 Å². The van der Waals surface area contributed by atoms with Gasteiger partial charge < -0.3 is 14.2 Å². The van der Waals surface area contributed by atoms with E-state index in [-0.39, 0.29) is 5.97 Å². The Hall–Kier alpha value is -1.71. The molecule has 1 aliphatic rings. The maximum atomic E-state index is 11.3. The van der Waals surface area contributed by atoms with Crippen LogP contribution in [0.4, 0.5) is 0 Å². The zero-order valence-corrected chi connectivity index (χ0v) is 11.0. The summed E-state index contributed by atoms with van der Waals surface area (Å²) >= 11 is 0. The van der Waals surface area contributed by atoms with Crippen molar-refractivity contribution in [2.24, 2.45) is 0 Å². The van der Waals surface area contributed by atoms with Crippen LogP contribution in [0.3, 0.4) is 0 Å². The topological polar surface area (TPSA) is 44.8 Å². The lowest BCUT2D eigenvalue weighted by Gasteiger charge is -2.24.